The van der Waals surface area contributed by atoms with Gasteiger partial charge >= 0.3 is 12.2 Å². The molecule has 2 N–H and O–H groups in total. The number of halogens is 3. The summed E-state index contributed by atoms with van der Waals surface area (Å²) in [7, 11) is 0. The summed E-state index contributed by atoms with van der Waals surface area (Å²) in [6.45, 7) is 2.91. The zero-order chi connectivity index (χ0) is 21.4. The summed E-state index contributed by atoms with van der Waals surface area (Å²) in [5.74, 6) is -0.902. The highest BCUT2D eigenvalue weighted by Crippen LogP contribution is 2.34. The number of amides is 4. The molecule has 1 aliphatic heterocycles. The van der Waals surface area contributed by atoms with E-state index in [2.05, 4.69) is 10.6 Å². The Morgan fingerprint density at radius 3 is 2.62 bits per heavy atom. The molecule has 2 fully saturated rings. The van der Waals surface area contributed by atoms with Gasteiger partial charge in [0.1, 0.15) is 12.1 Å². The van der Waals surface area contributed by atoms with Crippen molar-refractivity contribution in [1.82, 2.24) is 15.5 Å². The summed E-state index contributed by atoms with van der Waals surface area (Å²) in [6.07, 6.45) is -0.618. The van der Waals surface area contributed by atoms with Crippen molar-refractivity contribution in [2.75, 3.05) is 6.54 Å². The number of carbonyl (C=O) groups excluding carboxylic acids is 3. The van der Waals surface area contributed by atoms with Crippen molar-refractivity contribution in [3.63, 3.8) is 0 Å². The molecular formula is C20H24F3N3O3. The van der Waals surface area contributed by atoms with E-state index in [-0.39, 0.29) is 11.6 Å². The Hall–Kier alpha value is -2.58. The molecule has 4 amide bonds. The third-order valence-corrected chi connectivity index (χ3v) is 5.80. The average molecular weight is 411 g/mol. The van der Waals surface area contributed by atoms with Gasteiger partial charge in [0.2, 0.25) is 5.91 Å². The SMILES string of the molecule is C[C@@H]1CCCC[C@H]1NC(=O)CN1C(=O)N[C@@](C)(c2cccc(C(F)(F)F)c2)C1=O. The highest BCUT2D eigenvalue weighted by molar-refractivity contribution is 6.09. The third-order valence-electron chi connectivity index (χ3n) is 5.80. The van der Waals surface area contributed by atoms with Crippen LogP contribution in [0.1, 0.15) is 50.7 Å². The van der Waals surface area contributed by atoms with Gasteiger partial charge in [0.15, 0.2) is 0 Å². The second kappa shape index (κ2) is 7.68. The molecular weight excluding hydrogens is 387 g/mol. The molecule has 0 unspecified atom stereocenters. The topological polar surface area (TPSA) is 78.5 Å². The number of nitrogens with zero attached hydrogens (tertiary/aromatic N) is 1. The Morgan fingerprint density at radius 1 is 1.28 bits per heavy atom. The molecule has 1 heterocycles. The lowest BCUT2D eigenvalue weighted by molar-refractivity contribution is -0.138. The van der Waals surface area contributed by atoms with Gasteiger partial charge in [-0.2, -0.15) is 13.2 Å². The van der Waals surface area contributed by atoms with Gasteiger partial charge in [-0.25, -0.2) is 4.79 Å². The fraction of sp³-hybridized carbons (Fsp3) is 0.550. The molecule has 0 radical (unpaired) electrons. The molecule has 3 rings (SSSR count). The summed E-state index contributed by atoms with van der Waals surface area (Å²) in [5, 5.41) is 5.30. The average Bonchev–Trinajstić information content (AvgIpc) is 2.87. The second-order valence-electron chi connectivity index (χ2n) is 7.96. The number of benzene rings is 1. The van der Waals surface area contributed by atoms with E-state index in [1.807, 2.05) is 6.92 Å². The van der Waals surface area contributed by atoms with E-state index in [0.717, 1.165) is 42.7 Å². The highest BCUT2D eigenvalue weighted by atomic mass is 19.4. The first-order chi connectivity index (χ1) is 13.5. The Bertz CT molecular complexity index is 827. The predicted molar refractivity (Wildman–Crippen MR) is 98.6 cm³/mol. The van der Waals surface area contributed by atoms with E-state index in [9.17, 15) is 27.6 Å². The summed E-state index contributed by atoms with van der Waals surface area (Å²) < 4.78 is 39.1. The van der Waals surface area contributed by atoms with Crippen LogP contribution in [-0.4, -0.2) is 35.3 Å². The van der Waals surface area contributed by atoms with Gasteiger partial charge in [0, 0.05) is 6.04 Å². The molecule has 1 aromatic carbocycles. The fourth-order valence-corrected chi connectivity index (χ4v) is 3.97. The number of nitrogens with one attached hydrogen (secondary N) is 2. The molecule has 2 aliphatic rings. The molecule has 1 aliphatic carbocycles. The number of carbonyl (C=O) groups is 3. The maximum atomic E-state index is 13.0. The molecule has 9 heteroatoms. The van der Waals surface area contributed by atoms with Crippen molar-refractivity contribution in [3.05, 3.63) is 35.4 Å². The molecule has 29 heavy (non-hydrogen) atoms. The Morgan fingerprint density at radius 2 is 1.97 bits per heavy atom. The normalized spacial score (nSPS) is 27.7. The largest absolute Gasteiger partial charge is 0.416 e. The van der Waals surface area contributed by atoms with Gasteiger partial charge in [0.05, 0.1) is 5.56 Å². The monoisotopic (exact) mass is 411 g/mol. The molecule has 1 saturated heterocycles. The minimum Gasteiger partial charge on any atom is -0.352 e. The molecule has 0 bridgehead atoms. The van der Waals surface area contributed by atoms with Crippen molar-refractivity contribution >= 4 is 17.8 Å². The van der Waals surface area contributed by atoms with Gasteiger partial charge in [-0.05, 0) is 43.4 Å². The van der Waals surface area contributed by atoms with Crippen LogP contribution in [0.4, 0.5) is 18.0 Å². The Kier molecular flexibility index (Phi) is 5.60. The standard InChI is InChI=1S/C20H24F3N3O3/c1-12-6-3-4-9-15(12)24-16(27)11-26-17(28)19(2,25-18(26)29)13-7-5-8-14(10-13)20(21,22)23/h5,7-8,10,12,15H,3-4,6,9,11H2,1-2H3,(H,24,27)(H,25,29)/t12-,15-,19+/m1/s1. The zero-order valence-corrected chi connectivity index (χ0v) is 16.3. The summed E-state index contributed by atoms with van der Waals surface area (Å²) >= 11 is 0. The number of imide groups is 1. The number of hydrogen-bond acceptors (Lipinski definition) is 3. The van der Waals surface area contributed by atoms with Crippen LogP contribution in [0.2, 0.25) is 0 Å². The summed E-state index contributed by atoms with van der Waals surface area (Å²) in [6, 6.07) is 3.45. The molecule has 1 aromatic rings. The highest BCUT2D eigenvalue weighted by Gasteiger charge is 2.50. The lowest BCUT2D eigenvalue weighted by Crippen LogP contribution is -2.47. The van der Waals surface area contributed by atoms with E-state index in [0.29, 0.717) is 5.92 Å². The van der Waals surface area contributed by atoms with E-state index >= 15 is 0 Å². The van der Waals surface area contributed by atoms with Crippen LogP contribution >= 0.6 is 0 Å². The summed E-state index contributed by atoms with van der Waals surface area (Å²) in [4.78, 5) is 38.4. The van der Waals surface area contributed by atoms with Crippen molar-refractivity contribution in [2.24, 2.45) is 5.92 Å². The quantitative estimate of drug-likeness (QED) is 0.747. The zero-order valence-electron chi connectivity index (χ0n) is 16.3. The van der Waals surface area contributed by atoms with Crippen molar-refractivity contribution in [3.8, 4) is 0 Å². The van der Waals surface area contributed by atoms with E-state index in [4.69, 9.17) is 0 Å². The summed E-state index contributed by atoms with van der Waals surface area (Å²) in [5.41, 5.74) is -2.58. The van der Waals surface area contributed by atoms with Crippen LogP contribution in [0.25, 0.3) is 0 Å². The van der Waals surface area contributed by atoms with Crippen molar-refractivity contribution in [2.45, 2.75) is 57.3 Å². The van der Waals surface area contributed by atoms with E-state index in [1.54, 1.807) is 0 Å². The first-order valence-electron chi connectivity index (χ1n) is 9.63. The van der Waals surface area contributed by atoms with Crippen molar-refractivity contribution < 1.29 is 27.6 Å². The lowest BCUT2D eigenvalue weighted by atomic mass is 9.86. The van der Waals surface area contributed by atoms with Gasteiger partial charge in [-0.3, -0.25) is 14.5 Å². The van der Waals surface area contributed by atoms with Gasteiger partial charge in [-0.1, -0.05) is 31.9 Å². The first-order valence-corrected chi connectivity index (χ1v) is 9.63. The first kappa shape index (κ1) is 21.1. The number of alkyl halides is 3. The maximum Gasteiger partial charge on any atom is 0.416 e. The number of rotatable bonds is 4. The minimum absolute atomic E-state index is 0.00753. The van der Waals surface area contributed by atoms with Crippen molar-refractivity contribution in [1.29, 1.82) is 0 Å². The Balaban J connectivity index is 1.74. The van der Waals surface area contributed by atoms with Crippen LogP contribution in [0, 0.1) is 5.92 Å². The lowest BCUT2D eigenvalue weighted by Gasteiger charge is -2.30. The molecule has 1 saturated carbocycles. The van der Waals surface area contributed by atoms with Gasteiger partial charge < -0.3 is 10.6 Å². The fourth-order valence-electron chi connectivity index (χ4n) is 3.97. The van der Waals surface area contributed by atoms with Gasteiger partial charge in [-0.15, -0.1) is 0 Å². The molecule has 6 nitrogen and oxygen atoms in total. The van der Waals surface area contributed by atoms with Crippen LogP contribution in [0.5, 0.6) is 0 Å². The third kappa shape index (κ3) is 4.23. The molecule has 0 spiro atoms. The second-order valence-corrected chi connectivity index (χ2v) is 7.96. The van der Waals surface area contributed by atoms with E-state index < -0.39 is 41.7 Å². The molecule has 3 atom stereocenters. The molecule has 0 aromatic heterocycles. The smallest absolute Gasteiger partial charge is 0.352 e. The van der Waals surface area contributed by atoms with Crippen LogP contribution in [0.15, 0.2) is 24.3 Å². The van der Waals surface area contributed by atoms with Crippen LogP contribution in [0.3, 0.4) is 0 Å². The maximum absolute atomic E-state index is 13.0. The van der Waals surface area contributed by atoms with E-state index in [1.165, 1.54) is 19.1 Å². The van der Waals surface area contributed by atoms with Crippen LogP contribution in [-0.2, 0) is 21.3 Å². The minimum atomic E-state index is -4.58. The Labute approximate surface area is 166 Å². The van der Waals surface area contributed by atoms with Gasteiger partial charge in [0.25, 0.3) is 5.91 Å². The number of hydrogen-bond donors (Lipinski definition) is 2. The molecule has 158 valence electrons. The van der Waals surface area contributed by atoms with Crippen LogP contribution < -0.4 is 10.6 Å². The number of urea groups is 1. The predicted octanol–water partition coefficient (Wildman–Crippen LogP) is 3.17.